The number of hydrogen-bond acceptors (Lipinski definition) is 6. The summed E-state index contributed by atoms with van der Waals surface area (Å²) in [6, 6.07) is 4.94. The summed E-state index contributed by atoms with van der Waals surface area (Å²) in [4.78, 5) is 14.4. The molecular formula is C18H21Cl2N3O5S. The summed E-state index contributed by atoms with van der Waals surface area (Å²) >= 11 is 12.1. The lowest BCUT2D eigenvalue weighted by Gasteiger charge is -2.35. The Balaban J connectivity index is 1.64. The number of aromatic nitrogens is 1. The maximum absolute atomic E-state index is 12.9. The van der Waals surface area contributed by atoms with Gasteiger partial charge in [-0.05, 0) is 32.9 Å². The summed E-state index contributed by atoms with van der Waals surface area (Å²) in [6.45, 7) is 5.60. The van der Waals surface area contributed by atoms with Gasteiger partial charge in [0.1, 0.15) is 21.4 Å². The van der Waals surface area contributed by atoms with Crippen LogP contribution in [0.5, 0.6) is 5.75 Å². The lowest BCUT2D eigenvalue weighted by atomic mass is 10.2. The van der Waals surface area contributed by atoms with Crippen molar-refractivity contribution < 1.29 is 22.5 Å². The van der Waals surface area contributed by atoms with Crippen LogP contribution in [-0.2, 0) is 14.8 Å². The van der Waals surface area contributed by atoms with Crippen molar-refractivity contribution in [1.82, 2.24) is 14.4 Å². The number of aryl methyl sites for hydroxylation is 2. The van der Waals surface area contributed by atoms with Gasteiger partial charge in [0.25, 0.3) is 5.91 Å². The zero-order valence-corrected chi connectivity index (χ0v) is 18.5. The molecule has 1 unspecified atom stereocenters. The molecule has 158 valence electrons. The summed E-state index contributed by atoms with van der Waals surface area (Å²) in [6.07, 6.45) is -0.795. The Kier molecular flexibility index (Phi) is 6.42. The molecule has 2 heterocycles. The second-order valence-corrected chi connectivity index (χ2v) is 9.35. The lowest BCUT2D eigenvalue weighted by molar-refractivity contribution is -0.139. The van der Waals surface area contributed by atoms with Gasteiger partial charge < -0.3 is 14.2 Å². The fourth-order valence-corrected chi connectivity index (χ4v) is 5.24. The molecule has 0 N–H and O–H groups in total. The van der Waals surface area contributed by atoms with Crippen LogP contribution in [0.4, 0.5) is 0 Å². The van der Waals surface area contributed by atoms with Crippen LogP contribution in [-0.4, -0.2) is 61.0 Å². The smallest absolute Gasteiger partial charge is 0.263 e. The van der Waals surface area contributed by atoms with E-state index in [0.717, 1.165) is 0 Å². The number of amides is 1. The normalized spacial score (nSPS) is 16.7. The molecule has 1 atom stereocenters. The third-order valence-corrected chi connectivity index (χ3v) is 7.63. The third kappa shape index (κ3) is 4.37. The first-order chi connectivity index (χ1) is 13.6. The zero-order valence-electron chi connectivity index (χ0n) is 16.2. The van der Waals surface area contributed by atoms with Crippen molar-refractivity contribution >= 4 is 39.1 Å². The number of nitrogens with zero attached hydrogens (tertiary/aromatic N) is 3. The van der Waals surface area contributed by atoms with Gasteiger partial charge in [0.05, 0.1) is 5.02 Å². The third-order valence-electron chi connectivity index (χ3n) is 4.68. The Bertz CT molecular complexity index is 997. The van der Waals surface area contributed by atoms with Crippen LogP contribution in [0, 0.1) is 13.8 Å². The van der Waals surface area contributed by atoms with E-state index in [1.807, 2.05) is 0 Å². The maximum atomic E-state index is 12.9. The molecule has 0 aliphatic carbocycles. The monoisotopic (exact) mass is 461 g/mol. The number of sulfonamides is 1. The second kappa shape index (κ2) is 8.51. The second-order valence-electron chi connectivity index (χ2n) is 6.69. The van der Waals surface area contributed by atoms with Crippen LogP contribution in [0.2, 0.25) is 10.0 Å². The van der Waals surface area contributed by atoms with Gasteiger partial charge in [-0.3, -0.25) is 4.79 Å². The molecule has 1 fully saturated rings. The number of benzene rings is 1. The Morgan fingerprint density at radius 1 is 1.21 bits per heavy atom. The van der Waals surface area contributed by atoms with Gasteiger partial charge in [-0.2, -0.15) is 4.31 Å². The molecule has 1 aliphatic rings. The predicted molar refractivity (Wildman–Crippen MR) is 108 cm³/mol. The first kappa shape index (κ1) is 21.9. The van der Waals surface area contributed by atoms with Crippen LogP contribution in [0.3, 0.4) is 0 Å². The van der Waals surface area contributed by atoms with Crippen LogP contribution < -0.4 is 4.74 Å². The molecule has 1 amide bonds. The van der Waals surface area contributed by atoms with E-state index < -0.39 is 16.1 Å². The molecule has 29 heavy (non-hydrogen) atoms. The van der Waals surface area contributed by atoms with Crippen molar-refractivity contribution in [2.75, 3.05) is 26.2 Å². The number of ether oxygens (including phenoxy) is 1. The number of halogens is 2. The van der Waals surface area contributed by atoms with Gasteiger partial charge in [-0.1, -0.05) is 34.4 Å². The molecule has 0 saturated carbocycles. The van der Waals surface area contributed by atoms with E-state index in [1.54, 1.807) is 43.9 Å². The molecule has 1 aliphatic heterocycles. The molecule has 11 heteroatoms. The quantitative estimate of drug-likeness (QED) is 0.679. The minimum atomic E-state index is -3.73. The molecule has 2 aromatic rings. The van der Waals surface area contributed by atoms with Gasteiger partial charge in [0, 0.05) is 26.2 Å². The largest absolute Gasteiger partial charge is 0.479 e. The number of carbonyl (C=O) groups excluding carboxylic acids is 1. The van der Waals surface area contributed by atoms with Crippen molar-refractivity contribution in [3.63, 3.8) is 0 Å². The van der Waals surface area contributed by atoms with E-state index in [1.165, 1.54) is 4.31 Å². The highest BCUT2D eigenvalue weighted by Gasteiger charge is 2.35. The average molecular weight is 462 g/mol. The van der Waals surface area contributed by atoms with E-state index in [9.17, 15) is 13.2 Å². The number of piperazine rings is 1. The van der Waals surface area contributed by atoms with Crippen molar-refractivity contribution in [3.05, 3.63) is 39.7 Å². The fraction of sp³-hybridized carbons (Fsp3) is 0.444. The standard InChI is InChI=1S/C18H21Cl2N3O5S/c1-11-17(12(2)28-21-11)29(25,26)23-9-7-22(8-10-23)18(24)13(3)27-15-6-4-5-14(19)16(15)20/h4-6,13H,7-10H2,1-3H3. The first-order valence-corrected chi connectivity index (χ1v) is 11.1. The van der Waals surface area contributed by atoms with Crippen LogP contribution in [0.25, 0.3) is 0 Å². The van der Waals surface area contributed by atoms with E-state index in [0.29, 0.717) is 16.5 Å². The van der Waals surface area contributed by atoms with Crippen molar-refractivity contribution in [1.29, 1.82) is 0 Å². The molecular weight excluding hydrogens is 441 g/mol. The number of carbonyl (C=O) groups is 1. The molecule has 0 radical (unpaired) electrons. The van der Waals surface area contributed by atoms with Crippen molar-refractivity contribution in [2.45, 2.75) is 31.8 Å². The highest BCUT2D eigenvalue weighted by atomic mass is 35.5. The van der Waals surface area contributed by atoms with Crippen molar-refractivity contribution in [2.24, 2.45) is 0 Å². The van der Waals surface area contributed by atoms with Crippen LogP contribution in [0.1, 0.15) is 18.4 Å². The topological polar surface area (TPSA) is 93.0 Å². The summed E-state index contributed by atoms with van der Waals surface area (Å²) in [5.74, 6) is 0.316. The van der Waals surface area contributed by atoms with E-state index in [-0.39, 0.29) is 47.8 Å². The molecule has 1 aromatic heterocycles. The molecule has 3 rings (SSSR count). The number of hydrogen-bond donors (Lipinski definition) is 0. The zero-order chi connectivity index (χ0) is 21.3. The Labute approximate surface area is 179 Å². The summed E-state index contributed by atoms with van der Waals surface area (Å²) in [7, 11) is -3.73. The van der Waals surface area contributed by atoms with Gasteiger partial charge in [0.15, 0.2) is 11.9 Å². The van der Waals surface area contributed by atoms with E-state index in [2.05, 4.69) is 5.16 Å². The van der Waals surface area contributed by atoms with Crippen molar-refractivity contribution in [3.8, 4) is 5.75 Å². The maximum Gasteiger partial charge on any atom is 0.263 e. The van der Waals surface area contributed by atoms with E-state index >= 15 is 0 Å². The summed E-state index contributed by atoms with van der Waals surface area (Å²) in [5, 5.41) is 4.29. The Morgan fingerprint density at radius 2 is 1.86 bits per heavy atom. The SMILES string of the molecule is Cc1noc(C)c1S(=O)(=O)N1CCN(C(=O)C(C)Oc2cccc(Cl)c2Cl)CC1. The van der Waals surface area contributed by atoms with Crippen LogP contribution in [0.15, 0.2) is 27.6 Å². The minimum Gasteiger partial charge on any atom is -0.479 e. The molecule has 8 nitrogen and oxygen atoms in total. The Morgan fingerprint density at radius 3 is 2.45 bits per heavy atom. The predicted octanol–water partition coefficient (Wildman–Crippen LogP) is 2.90. The number of rotatable bonds is 5. The summed E-state index contributed by atoms with van der Waals surface area (Å²) in [5.41, 5.74) is 0.321. The molecule has 0 spiro atoms. The van der Waals surface area contributed by atoms with Gasteiger partial charge >= 0.3 is 0 Å². The highest BCUT2D eigenvalue weighted by Crippen LogP contribution is 2.32. The Hall–Kier alpha value is -1.81. The van der Waals surface area contributed by atoms with Gasteiger partial charge in [-0.25, -0.2) is 8.42 Å². The van der Waals surface area contributed by atoms with Crippen LogP contribution >= 0.6 is 23.2 Å². The first-order valence-electron chi connectivity index (χ1n) is 8.95. The fourth-order valence-electron chi connectivity index (χ4n) is 3.19. The lowest BCUT2D eigenvalue weighted by Crippen LogP contribution is -2.53. The molecule has 1 aromatic carbocycles. The molecule has 0 bridgehead atoms. The van der Waals surface area contributed by atoms with Gasteiger partial charge in [-0.15, -0.1) is 0 Å². The highest BCUT2D eigenvalue weighted by molar-refractivity contribution is 7.89. The average Bonchev–Trinajstić information content (AvgIpc) is 3.03. The molecule has 1 saturated heterocycles. The van der Waals surface area contributed by atoms with Gasteiger partial charge in [0.2, 0.25) is 10.0 Å². The summed E-state index contributed by atoms with van der Waals surface area (Å²) < 4.78 is 37.7. The minimum absolute atomic E-state index is 0.0876. The van der Waals surface area contributed by atoms with E-state index in [4.69, 9.17) is 32.5 Å².